The number of carbonyl (C=O) groups excluding carboxylic acids is 1. The van der Waals surface area contributed by atoms with Gasteiger partial charge in [0.25, 0.3) is 11.1 Å². The Kier molecular flexibility index (Phi) is 7.64. The lowest BCUT2D eigenvalue weighted by molar-refractivity contribution is 0.102. The molecule has 0 aliphatic heterocycles. The topological polar surface area (TPSA) is 41.6 Å². The van der Waals surface area contributed by atoms with Crippen molar-refractivity contribution >= 4 is 39.8 Å². The maximum atomic E-state index is 12.8. The van der Waals surface area contributed by atoms with E-state index in [0.29, 0.717) is 28.3 Å². The van der Waals surface area contributed by atoms with Gasteiger partial charge in [-0.3, -0.25) is 4.79 Å². The molecule has 0 spiro atoms. The second-order valence-electron chi connectivity index (χ2n) is 8.57. The average Bonchev–Trinajstić information content (AvgIpc) is 2.73. The van der Waals surface area contributed by atoms with Gasteiger partial charge in [0.2, 0.25) is 0 Å². The predicted molar refractivity (Wildman–Crippen MR) is 133 cm³/mol. The Bertz CT molecular complexity index is 1030. The largest absolute Gasteiger partial charge is 0.432 e. The number of nitrogens with zero attached hydrogens (tertiary/aromatic N) is 1. The van der Waals surface area contributed by atoms with Gasteiger partial charge in [-0.1, -0.05) is 64.1 Å². The minimum absolute atomic E-state index is 0.160. The molecule has 31 heavy (non-hydrogen) atoms. The number of carbonyl (C=O) groups is 1. The molecule has 0 bridgehead atoms. The van der Waals surface area contributed by atoms with Gasteiger partial charge < -0.3 is 15.0 Å². The van der Waals surface area contributed by atoms with Crippen molar-refractivity contribution < 1.29 is 9.53 Å². The molecule has 3 aromatic rings. The summed E-state index contributed by atoms with van der Waals surface area (Å²) in [6, 6.07) is 21.0. The van der Waals surface area contributed by atoms with Gasteiger partial charge in [-0.15, -0.1) is 0 Å². The molecule has 0 fully saturated rings. The highest BCUT2D eigenvalue weighted by Gasteiger charge is 2.15. The molecule has 3 rings (SSSR count). The summed E-state index contributed by atoms with van der Waals surface area (Å²) in [4.78, 5) is 14.9. The van der Waals surface area contributed by atoms with Gasteiger partial charge in [0.15, 0.2) is 0 Å². The molecular weight excluding hydrogens is 404 g/mol. The summed E-state index contributed by atoms with van der Waals surface area (Å²) in [7, 11) is 0. The number of rotatable bonds is 7. The highest BCUT2D eigenvalue weighted by Crippen LogP contribution is 2.24. The SMILES string of the molecule is CC(C)CN(CC(C)C)C(=S)Oc1ccc(C(=O)Nc2cccc3ccccc23)cc1. The molecule has 3 aromatic carbocycles. The van der Waals surface area contributed by atoms with Crippen molar-refractivity contribution in [2.45, 2.75) is 27.7 Å². The monoisotopic (exact) mass is 434 g/mol. The van der Waals surface area contributed by atoms with Crippen LogP contribution in [-0.4, -0.2) is 29.1 Å². The van der Waals surface area contributed by atoms with Crippen LogP contribution in [0.3, 0.4) is 0 Å². The average molecular weight is 435 g/mol. The lowest BCUT2D eigenvalue weighted by Crippen LogP contribution is -2.38. The van der Waals surface area contributed by atoms with Crippen LogP contribution in [0.4, 0.5) is 5.69 Å². The zero-order chi connectivity index (χ0) is 22.4. The third-order valence-corrected chi connectivity index (χ3v) is 5.13. The molecule has 4 nitrogen and oxygen atoms in total. The van der Waals surface area contributed by atoms with E-state index in [1.54, 1.807) is 24.3 Å². The lowest BCUT2D eigenvalue weighted by atomic mass is 10.1. The second-order valence-corrected chi connectivity index (χ2v) is 8.92. The Labute approximate surface area is 190 Å². The molecule has 0 aliphatic carbocycles. The Morgan fingerprint density at radius 2 is 1.52 bits per heavy atom. The fourth-order valence-electron chi connectivity index (χ4n) is 3.47. The van der Waals surface area contributed by atoms with Crippen LogP contribution < -0.4 is 10.1 Å². The number of hydrogen-bond acceptors (Lipinski definition) is 3. The number of benzene rings is 3. The molecule has 0 aliphatic rings. The van der Waals surface area contributed by atoms with Gasteiger partial charge in [0.1, 0.15) is 5.75 Å². The lowest BCUT2D eigenvalue weighted by Gasteiger charge is -2.28. The van der Waals surface area contributed by atoms with E-state index in [4.69, 9.17) is 17.0 Å². The number of hydrogen-bond donors (Lipinski definition) is 1. The Hall–Kier alpha value is -2.92. The Morgan fingerprint density at radius 3 is 2.16 bits per heavy atom. The molecule has 0 aromatic heterocycles. The van der Waals surface area contributed by atoms with Gasteiger partial charge in [-0.25, -0.2) is 0 Å². The van der Waals surface area contributed by atoms with Gasteiger partial charge in [0, 0.05) is 29.7 Å². The summed E-state index contributed by atoms with van der Waals surface area (Å²) in [5, 5.41) is 5.58. The van der Waals surface area contributed by atoms with E-state index in [1.807, 2.05) is 42.5 Å². The van der Waals surface area contributed by atoms with E-state index >= 15 is 0 Å². The van der Waals surface area contributed by atoms with Crippen molar-refractivity contribution in [3.05, 3.63) is 72.3 Å². The van der Waals surface area contributed by atoms with Gasteiger partial charge >= 0.3 is 0 Å². The zero-order valence-corrected chi connectivity index (χ0v) is 19.4. The van der Waals surface area contributed by atoms with Crippen molar-refractivity contribution in [3.63, 3.8) is 0 Å². The number of anilines is 1. The highest BCUT2D eigenvalue weighted by atomic mass is 32.1. The highest BCUT2D eigenvalue weighted by molar-refractivity contribution is 7.80. The Morgan fingerprint density at radius 1 is 0.903 bits per heavy atom. The molecule has 0 radical (unpaired) electrons. The van der Waals surface area contributed by atoms with E-state index in [0.717, 1.165) is 29.5 Å². The van der Waals surface area contributed by atoms with Crippen LogP contribution in [-0.2, 0) is 0 Å². The first-order chi connectivity index (χ1) is 14.8. The van der Waals surface area contributed by atoms with Crippen LogP contribution in [0.5, 0.6) is 5.75 Å². The molecular formula is C26H30N2O2S. The van der Waals surface area contributed by atoms with Crippen LogP contribution in [0.2, 0.25) is 0 Å². The number of thiocarbonyl (C=S) groups is 1. The van der Waals surface area contributed by atoms with Crippen molar-refractivity contribution in [2.24, 2.45) is 11.8 Å². The summed E-state index contributed by atoms with van der Waals surface area (Å²) in [6.45, 7) is 10.4. The first kappa shape index (κ1) is 22.8. The Balaban J connectivity index is 1.67. The molecule has 162 valence electrons. The van der Waals surface area contributed by atoms with Gasteiger partial charge in [-0.05, 0) is 59.8 Å². The van der Waals surface area contributed by atoms with Crippen LogP contribution in [0.1, 0.15) is 38.1 Å². The van der Waals surface area contributed by atoms with Crippen molar-refractivity contribution in [2.75, 3.05) is 18.4 Å². The van der Waals surface area contributed by atoms with E-state index in [2.05, 4.69) is 37.9 Å². The molecule has 0 heterocycles. The van der Waals surface area contributed by atoms with E-state index in [9.17, 15) is 4.79 Å². The second kappa shape index (κ2) is 10.4. The first-order valence-corrected chi connectivity index (χ1v) is 11.1. The number of ether oxygens (including phenoxy) is 1. The summed E-state index contributed by atoms with van der Waals surface area (Å²) in [6.07, 6.45) is 0. The number of amides is 1. The summed E-state index contributed by atoms with van der Waals surface area (Å²) < 4.78 is 5.91. The molecule has 0 unspecified atom stereocenters. The van der Waals surface area contributed by atoms with Gasteiger partial charge in [-0.2, -0.15) is 0 Å². The quantitative estimate of drug-likeness (QED) is 0.439. The molecule has 0 saturated heterocycles. The van der Waals surface area contributed by atoms with Crippen molar-refractivity contribution in [1.29, 1.82) is 0 Å². The third kappa shape index (κ3) is 6.28. The van der Waals surface area contributed by atoms with Crippen molar-refractivity contribution in [1.82, 2.24) is 4.90 Å². The van der Waals surface area contributed by atoms with Crippen LogP contribution in [0.25, 0.3) is 10.8 Å². The van der Waals surface area contributed by atoms with Crippen LogP contribution in [0, 0.1) is 11.8 Å². The van der Waals surface area contributed by atoms with Crippen molar-refractivity contribution in [3.8, 4) is 5.75 Å². The van der Waals surface area contributed by atoms with E-state index in [-0.39, 0.29) is 5.91 Å². The van der Waals surface area contributed by atoms with Crippen LogP contribution in [0.15, 0.2) is 66.7 Å². The molecule has 5 heteroatoms. The number of nitrogens with one attached hydrogen (secondary N) is 1. The molecule has 1 N–H and O–H groups in total. The minimum atomic E-state index is -0.160. The first-order valence-electron chi connectivity index (χ1n) is 10.7. The van der Waals surface area contributed by atoms with E-state index in [1.165, 1.54) is 0 Å². The predicted octanol–water partition coefficient (Wildman–Crippen LogP) is 6.37. The summed E-state index contributed by atoms with van der Waals surface area (Å²) in [5.74, 6) is 1.44. The number of fused-ring (bicyclic) bond motifs is 1. The van der Waals surface area contributed by atoms with Crippen LogP contribution >= 0.6 is 12.2 Å². The minimum Gasteiger partial charge on any atom is -0.432 e. The summed E-state index contributed by atoms with van der Waals surface area (Å²) in [5.41, 5.74) is 1.36. The fourth-order valence-corrected chi connectivity index (χ4v) is 3.72. The molecule has 1 amide bonds. The van der Waals surface area contributed by atoms with E-state index < -0.39 is 0 Å². The normalized spacial score (nSPS) is 11.0. The van der Waals surface area contributed by atoms with Gasteiger partial charge in [0.05, 0.1) is 0 Å². The molecule has 0 atom stereocenters. The maximum Gasteiger partial charge on any atom is 0.264 e. The third-order valence-electron chi connectivity index (χ3n) is 4.79. The fraction of sp³-hybridized carbons (Fsp3) is 0.308. The zero-order valence-electron chi connectivity index (χ0n) is 18.6. The molecule has 0 saturated carbocycles. The maximum absolute atomic E-state index is 12.8. The standard InChI is InChI=1S/C26H30N2O2S/c1-18(2)16-28(17-19(3)4)26(31)30-22-14-12-21(13-15-22)25(29)27-24-11-7-9-20-8-5-6-10-23(20)24/h5-15,18-19H,16-17H2,1-4H3,(H,27,29). The summed E-state index contributed by atoms with van der Waals surface area (Å²) >= 11 is 5.53. The smallest absolute Gasteiger partial charge is 0.264 e.